The highest BCUT2D eigenvalue weighted by atomic mass is 16.5. The van der Waals surface area contributed by atoms with Crippen molar-refractivity contribution in [2.24, 2.45) is 0 Å². The van der Waals surface area contributed by atoms with E-state index >= 15 is 0 Å². The van der Waals surface area contributed by atoms with Crippen molar-refractivity contribution in [2.75, 3.05) is 23.9 Å². The maximum Gasteiger partial charge on any atom is 0.243 e. The van der Waals surface area contributed by atoms with Crippen LogP contribution in [-0.4, -0.2) is 35.2 Å². The maximum atomic E-state index is 13.9. The second-order valence-electron chi connectivity index (χ2n) is 7.82. The topological polar surface area (TPSA) is 76.5 Å². The van der Waals surface area contributed by atoms with E-state index in [-0.39, 0.29) is 18.2 Å². The quantitative estimate of drug-likeness (QED) is 0.665. The molecular formula is C24H22N4O3. The number of methoxy groups -OCH3 is 1. The van der Waals surface area contributed by atoms with Crippen LogP contribution in [0.15, 0.2) is 61.3 Å². The molecule has 1 spiro atoms. The Hall–Kier alpha value is -3.87. The van der Waals surface area contributed by atoms with E-state index in [9.17, 15) is 9.59 Å². The van der Waals surface area contributed by atoms with Gasteiger partial charge in [-0.25, -0.2) is 4.68 Å². The number of fused-ring (bicyclic) bond motifs is 4. The van der Waals surface area contributed by atoms with Crippen LogP contribution >= 0.6 is 0 Å². The Balaban J connectivity index is 1.74. The first kappa shape index (κ1) is 19.1. The van der Waals surface area contributed by atoms with Gasteiger partial charge in [0.1, 0.15) is 17.0 Å². The van der Waals surface area contributed by atoms with Crippen molar-refractivity contribution in [3.63, 3.8) is 0 Å². The summed E-state index contributed by atoms with van der Waals surface area (Å²) in [6.07, 6.45) is 3.44. The Kier molecular flexibility index (Phi) is 4.22. The molecule has 0 radical (unpaired) electrons. The van der Waals surface area contributed by atoms with Gasteiger partial charge in [-0.1, -0.05) is 24.3 Å². The Labute approximate surface area is 179 Å². The van der Waals surface area contributed by atoms with Crippen LogP contribution in [0, 0.1) is 6.92 Å². The lowest BCUT2D eigenvalue weighted by Gasteiger charge is -2.32. The first-order chi connectivity index (χ1) is 15.0. The van der Waals surface area contributed by atoms with Crippen LogP contribution in [0.25, 0.3) is 5.69 Å². The summed E-state index contributed by atoms with van der Waals surface area (Å²) in [6, 6.07) is 13.2. The molecule has 2 aliphatic rings. The van der Waals surface area contributed by atoms with E-state index in [2.05, 4.69) is 17.0 Å². The first-order valence-corrected chi connectivity index (χ1v) is 10.1. The molecule has 0 unspecified atom stereocenters. The highest BCUT2D eigenvalue weighted by Crippen LogP contribution is 2.53. The molecule has 0 saturated carbocycles. The summed E-state index contributed by atoms with van der Waals surface area (Å²) in [7, 11) is 1.61. The number of aromatic nitrogens is 2. The number of rotatable bonds is 4. The number of para-hydroxylation sites is 1. The van der Waals surface area contributed by atoms with Crippen molar-refractivity contribution in [1.29, 1.82) is 0 Å². The minimum absolute atomic E-state index is 0.0389. The molecule has 0 saturated heterocycles. The van der Waals surface area contributed by atoms with Crippen LogP contribution in [0.3, 0.4) is 0 Å². The lowest BCUT2D eigenvalue weighted by Crippen LogP contribution is -2.46. The third-order valence-corrected chi connectivity index (χ3v) is 6.12. The Morgan fingerprint density at radius 3 is 2.68 bits per heavy atom. The van der Waals surface area contributed by atoms with Gasteiger partial charge >= 0.3 is 0 Å². The number of nitrogens with zero attached hydrogens (tertiary/aromatic N) is 3. The molecule has 156 valence electrons. The summed E-state index contributed by atoms with van der Waals surface area (Å²) < 4.78 is 6.89. The van der Waals surface area contributed by atoms with E-state index in [1.807, 2.05) is 49.4 Å². The minimum Gasteiger partial charge on any atom is -0.497 e. The number of amides is 2. The molecule has 5 rings (SSSR count). The number of anilines is 2. The molecule has 3 heterocycles. The smallest absolute Gasteiger partial charge is 0.243 e. The number of benzene rings is 2. The van der Waals surface area contributed by atoms with Crippen molar-refractivity contribution in [3.05, 3.63) is 78.0 Å². The van der Waals surface area contributed by atoms with Gasteiger partial charge in [0.05, 0.1) is 24.7 Å². The van der Waals surface area contributed by atoms with E-state index in [0.29, 0.717) is 17.9 Å². The summed E-state index contributed by atoms with van der Waals surface area (Å²) in [5.41, 5.74) is 3.03. The maximum absolute atomic E-state index is 13.9. The van der Waals surface area contributed by atoms with E-state index in [4.69, 9.17) is 4.74 Å². The fourth-order valence-electron chi connectivity index (χ4n) is 4.76. The highest BCUT2D eigenvalue weighted by Gasteiger charge is 2.57. The molecule has 2 aliphatic heterocycles. The lowest BCUT2D eigenvalue weighted by molar-refractivity contribution is -0.126. The zero-order valence-corrected chi connectivity index (χ0v) is 17.4. The number of carbonyl (C=O) groups is 2. The van der Waals surface area contributed by atoms with Gasteiger partial charge in [0.25, 0.3) is 0 Å². The molecule has 0 bridgehead atoms. The normalized spacial score (nSPS) is 19.2. The number of ether oxygens (including phenoxy) is 1. The summed E-state index contributed by atoms with van der Waals surface area (Å²) in [4.78, 5) is 28.5. The van der Waals surface area contributed by atoms with Gasteiger partial charge in [-0.15, -0.1) is 6.58 Å². The summed E-state index contributed by atoms with van der Waals surface area (Å²) in [5, 5.41) is 7.49. The predicted molar refractivity (Wildman–Crippen MR) is 118 cm³/mol. The Morgan fingerprint density at radius 2 is 1.97 bits per heavy atom. The summed E-state index contributed by atoms with van der Waals surface area (Å²) >= 11 is 0. The Bertz CT molecular complexity index is 1230. The van der Waals surface area contributed by atoms with Gasteiger partial charge in [0, 0.05) is 18.5 Å². The minimum atomic E-state index is -1.10. The molecule has 1 atom stereocenters. The van der Waals surface area contributed by atoms with Crippen molar-refractivity contribution in [1.82, 2.24) is 9.78 Å². The molecule has 3 aromatic rings. The van der Waals surface area contributed by atoms with Crippen LogP contribution in [0.5, 0.6) is 5.75 Å². The van der Waals surface area contributed by atoms with Crippen LogP contribution < -0.4 is 15.0 Å². The third kappa shape index (κ3) is 2.56. The predicted octanol–water partition coefficient (Wildman–Crippen LogP) is 3.35. The lowest BCUT2D eigenvalue weighted by atomic mass is 9.71. The highest BCUT2D eigenvalue weighted by molar-refractivity contribution is 6.16. The van der Waals surface area contributed by atoms with E-state index in [1.165, 1.54) is 0 Å². The average Bonchev–Trinajstić information content (AvgIpc) is 3.29. The first-order valence-electron chi connectivity index (χ1n) is 10.1. The van der Waals surface area contributed by atoms with Crippen LogP contribution in [0.4, 0.5) is 11.5 Å². The van der Waals surface area contributed by atoms with Crippen LogP contribution in [0.2, 0.25) is 0 Å². The summed E-state index contributed by atoms with van der Waals surface area (Å²) in [6.45, 7) is 6.17. The molecule has 1 aromatic heterocycles. The molecule has 0 fully saturated rings. The molecule has 1 N–H and O–H groups in total. The number of hydrogen-bond donors (Lipinski definition) is 1. The number of nitrogens with one attached hydrogen (secondary N) is 1. The van der Waals surface area contributed by atoms with Crippen molar-refractivity contribution < 1.29 is 14.3 Å². The largest absolute Gasteiger partial charge is 0.497 e. The van der Waals surface area contributed by atoms with Crippen molar-refractivity contribution >= 4 is 23.3 Å². The van der Waals surface area contributed by atoms with Gasteiger partial charge in [0.15, 0.2) is 0 Å². The number of carbonyl (C=O) groups excluding carboxylic acids is 2. The standard InChI is InChI=1S/C24H22N4O3/c1-4-12-27-21-15(2)6-5-7-18(21)24(23(27)30)13-20(29)26-22-19(24)14-25-28(22)16-8-10-17(31-3)11-9-16/h4-11,14H,1,12-13H2,2-3H3,(H,26,29)/t24-/m0/s1. The van der Waals surface area contributed by atoms with Gasteiger partial charge in [-0.3, -0.25) is 9.59 Å². The monoisotopic (exact) mass is 414 g/mol. The molecule has 7 heteroatoms. The van der Waals surface area contributed by atoms with Crippen molar-refractivity contribution in [3.8, 4) is 11.4 Å². The van der Waals surface area contributed by atoms with Gasteiger partial charge in [0.2, 0.25) is 11.8 Å². The van der Waals surface area contributed by atoms with E-state index in [0.717, 1.165) is 28.3 Å². The van der Waals surface area contributed by atoms with Gasteiger partial charge < -0.3 is 15.0 Å². The van der Waals surface area contributed by atoms with Crippen LogP contribution in [-0.2, 0) is 15.0 Å². The zero-order valence-electron chi connectivity index (χ0n) is 17.4. The van der Waals surface area contributed by atoms with E-state index in [1.54, 1.807) is 29.0 Å². The fourth-order valence-corrected chi connectivity index (χ4v) is 4.76. The average molecular weight is 414 g/mol. The molecule has 31 heavy (non-hydrogen) atoms. The molecule has 0 aliphatic carbocycles. The SMILES string of the molecule is C=CCN1C(=O)[C@@]2(CC(=O)Nc3c2cnn3-c2ccc(OC)cc2)c2cccc(C)c21. The molecule has 2 amide bonds. The number of hydrogen-bond acceptors (Lipinski definition) is 4. The second kappa shape index (κ2) is 6.84. The van der Waals surface area contributed by atoms with E-state index < -0.39 is 5.41 Å². The molecule has 2 aromatic carbocycles. The van der Waals surface area contributed by atoms with Crippen molar-refractivity contribution in [2.45, 2.75) is 18.8 Å². The summed E-state index contributed by atoms with van der Waals surface area (Å²) in [5.74, 6) is 0.898. The second-order valence-corrected chi connectivity index (χ2v) is 7.82. The molecule has 7 nitrogen and oxygen atoms in total. The third-order valence-electron chi connectivity index (χ3n) is 6.12. The van der Waals surface area contributed by atoms with Crippen LogP contribution in [0.1, 0.15) is 23.1 Å². The zero-order chi connectivity index (χ0) is 21.8. The fraction of sp³-hybridized carbons (Fsp3) is 0.208. The molecular weight excluding hydrogens is 392 g/mol. The Morgan fingerprint density at radius 1 is 1.19 bits per heavy atom. The van der Waals surface area contributed by atoms with Gasteiger partial charge in [-0.05, 0) is 42.3 Å². The number of aryl methyl sites for hydroxylation is 1. The van der Waals surface area contributed by atoms with Gasteiger partial charge in [-0.2, -0.15) is 5.10 Å².